The molecule has 0 amide bonds. The Morgan fingerprint density at radius 1 is 0.842 bits per heavy atom. The summed E-state index contributed by atoms with van der Waals surface area (Å²) in [6.45, 7) is 0. The summed E-state index contributed by atoms with van der Waals surface area (Å²) in [7, 11) is 0. The van der Waals surface area contributed by atoms with Crippen molar-refractivity contribution in [2.24, 2.45) is 5.73 Å². The van der Waals surface area contributed by atoms with Gasteiger partial charge in [-0.1, -0.05) is 72.9 Å². The fourth-order valence-corrected chi connectivity index (χ4v) is 1.58. The van der Waals surface area contributed by atoms with Crippen molar-refractivity contribution in [2.45, 2.75) is 12.8 Å². The largest absolute Gasteiger partial charge is 0.385 e. The lowest BCUT2D eigenvalue weighted by atomic mass is 10.0. The van der Waals surface area contributed by atoms with Gasteiger partial charge in [0.1, 0.15) is 4.32 Å². The molecule has 0 heterocycles. The van der Waals surface area contributed by atoms with Crippen LogP contribution in [-0.2, 0) is 12.8 Å². The van der Waals surface area contributed by atoms with Gasteiger partial charge in [0.25, 0.3) is 0 Å². The Morgan fingerprint density at radius 3 is 1.37 bits per heavy atom. The van der Waals surface area contributed by atoms with Gasteiger partial charge in [-0.2, -0.15) is 0 Å². The second-order valence-electron chi connectivity index (χ2n) is 3.81. The second kappa shape index (κ2) is 10.6. The van der Waals surface area contributed by atoms with E-state index in [0.717, 1.165) is 12.8 Å². The summed E-state index contributed by atoms with van der Waals surface area (Å²) in [6.07, 6.45) is 2.26. The molecule has 2 rings (SSSR count). The monoisotopic (exact) mass is 292 g/mol. The average molecular weight is 292 g/mol. The fraction of sp³-hybridized carbons (Fsp3) is 0.133. The van der Waals surface area contributed by atoms with Crippen molar-refractivity contribution in [2.75, 3.05) is 0 Å². The molecule has 0 radical (unpaired) electrons. The number of aryl methyl sites for hydroxylation is 2. The molecule has 0 spiro atoms. The standard InChI is InChI=1S/C14H14.CH3NS2.H3N/c1-3-7-13(8-4-1)11-12-14-9-5-2-6-10-14;2-1(3)4;/h1-10H,11-12H2;(H3,2,3,4);1H3. The van der Waals surface area contributed by atoms with Gasteiger partial charge in [-0.05, 0) is 24.0 Å². The summed E-state index contributed by atoms with van der Waals surface area (Å²) < 4.78 is 0.194. The van der Waals surface area contributed by atoms with Gasteiger partial charge in [-0.15, -0.1) is 12.6 Å². The van der Waals surface area contributed by atoms with Crippen LogP contribution < -0.4 is 11.9 Å². The number of rotatable bonds is 3. The third kappa shape index (κ3) is 9.25. The minimum absolute atomic E-state index is 0. The normalized spacial score (nSPS) is 8.68. The summed E-state index contributed by atoms with van der Waals surface area (Å²) >= 11 is 7.65. The number of benzene rings is 2. The third-order valence-electron chi connectivity index (χ3n) is 2.39. The third-order valence-corrected chi connectivity index (χ3v) is 2.39. The molecular weight excluding hydrogens is 272 g/mol. The van der Waals surface area contributed by atoms with Crippen LogP contribution in [0.2, 0.25) is 0 Å². The zero-order valence-corrected chi connectivity index (χ0v) is 12.5. The fourth-order valence-electron chi connectivity index (χ4n) is 1.58. The van der Waals surface area contributed by atoms with Gasteiger partial charge in [0.2, 0.25) is 0 Å². The molecule has 0 fully saturated rings. The van der Waals surface area contributed by atoms with Crippen LogP contribution in [0, 0.1) is 0 Å². The van der Waals surface area contributed by atoms with E-state index < -0.39 is 0 Å². The van der Waals surface area contributed by atoms with Gasteiger partial charge in [0, 0.05) is 0 Å². The lowest BCUT2D eigenvalue weighted by Crippen LogP contribution is -1.94. The zero-order chi connectivity index (χ0) is 13.2. The Hall–Kier alpha value is -1.36. The molecule has 0 atom stereocenters. The highest BCUT2D eigenvalue weighted by molar-refractivity contribution is 8.10. The van der Waals surface area contributed by atoms with Crippen molar-refractivity contribution in [3.63, 3.8) is 0 Å². The summed E-state index contributed by atoms with van der Waals surface area (Å²) in [6, 6.07) is 21.2. The number of thiol groups is 1. The molecule has 2 nitrogen and oxygen atoms in total. The van der Waals surface area contributed by atoms with Gasteiger partial charge in [0.05, 0.1) is 0 Å². The number of hydrogen-bond donors (Lipinski definition) is 3. The molecule has 0 bridgehead atoms. The lowest BCUT2D eigenvalue weighted by molar-refractivity contribution is 0.960. The Balaban J connectivity index is 0.000000576. The van der Waals surface area contributed by atoms with Crippen molar-refractivity contribution in [1.29, 1.82) is 0 Å². The molecule has 0 aromatic heterocycles. The molecule has 0 saturated heterocycles. The van der Waals surface area contributed by atoms with Gasteiger partial charge < -0.3 is 11.9 Å². The Kier molecular flexibility index (Phi) is 9.80. The highest BCUT2D eigenvalue weighted by atomic mass is 32.1. The highest BCUT2D eigenvalue weighted by Gasteiger charge is 1.93. The van der Waals surface area contributed by atoms with E-state index in [1.807, 2.05) is 0 Å². The van der Waals surface area contributed by atoms with E-state index in [2.05, 4.69) is 85.5 Å². The lowest BCUT2D eigenvalue weighted by Gasteiger charge is -2.01. The zero-order valence-electron chi connectivity index (χ0n) is 10.8. The molecule has 0 aliphatic heterocycles. The second-order valence-corrected chi connectivity index (χ2v) is 5.03. The molecule has 19 heavy (non-hydrogen) atoms. The van der Waals surface area contributed by atoms with E-state index in [4.69, 9.17) is 5.73 Å². The quantitative estimate of drug-likeness (QED) is 0.596. The maximum absolute atomic E-state index is 4.71. The van der Waals surface area contributed by atoms with Crippen molar-refractivity contribution in [3.05, 3.63) is 71.8 Å². The molecule has 0 aliphatic carbocycles. The van der Waals surface area contributed by atoms with Gasteiger partial charge >= 0.3 is 0 Å². The predicted molar refractivity (Wildman–Crippen MR) is 91.1 cm³/mol. The van der Waals surface area contributed by atoms with Gasteiger partial charge in [-0.3, -0.25) is 0 Å². The maximum Gasteiger partial charge on any atom is 0.128 e. The van der Waals surface area contributed by atoms with Gasteiger partial charge in [-0.25, -0.2) is 0 Å². The van der Waals surface area contributed by atoms with Crippen LogP contribution >= 0.6 is 24.8 Å². The van der Waals surface area contributed by atoms with Gasteiger partial charge in [0.15, 0.2) is 0 Å². The number of thiocarbonyl (C=S) groups is 1. The topological polar surface area (TPSA) is 61.0 Å². The number of nitrogens with two attached hydrogens (primary N) is 1. The summed E-state index contributed by atoms with van der Waals surface area (Å²) in [5, 5.41) is 0. The van der Waals surface area contributed by atoms with Crippen LogP contribution in [0.4, 0.5) is 0 Å². The van der Waals surface area contributed by atoms with E-state index >= 15 is 0 Å². The molecule has 2 aromatic rings. The van der Waals surface area contributed by atoms with Crippen molar-refractivity contribution < 1.29 is 0 Å². The van der Waals surface area contributed by atoms with E-state index in [1.165, 1.54) is 11.1 Å². The van der Waals surface area contributed by atoms with E-state index in [0.29, 0.717) is 0 Å². The van der Waals surface area contributed by atoms with Crippen LogP contribution in [-0.4, -0.2) is 4.32 Å². The first kappa shape index (κ1) is 17.6. The SMILES string of the molecule is N.NC(=S)S.c1ccc(CCc2ccccc2)cc1. The minimum atomic E-state index is 0. The Morgan fingerprint density at radius 2 is 1.11 bits per heavy atom. The van der Waals surface area contributed by atoms with Crippen molar-refractivity contribution >= 4 is 29.2 Å². The van der Waals surface area contributed by atoms with E-state index in [9.17, 15) is 0 Å². The smallest absolute Gasteiger partial charge is 0.128 e. The predicted octanol–water partition coefficient (Wildman–Crippen LogP) is 3.79. The highest BCUT2D eigenvalue weighted by Crippen LogP contribution is 2.06. The van der Waals surface area contributed by atoms with Crippen LogP contribution in [0.25, 0.3) is 0 Å². The van der Waals surface area contributed by atoms with E-state index in [1.54, 1.807) is 0 Å². The van der Waals surface area contributed by atoms with Crippen LogP contribution in [0.5, 0.6) is 0 Å². The van der Waals surface area contributed by atoms with Crippen LogP contribution in [0.1, 0.15) is 11.1 Å². The Bertz CT molecular complexity index is 415. The molecule has 0 saturated carbocycles. The Labute approximate surface area is 126 Å². The molecule has 5 N–H and O–H groups in total. The van der Waals surface area contributed by atoms with Crippen LogP contribution in [0.3, 0.4) is 0 Å². The molecule has 4 heteroatoms. The molecule has 2 aromatic carbocycles. The maximum atomic E-state index is 4.71. The number of hydrogen-bond acceptors (Lipinski definition) is 2. The van der Waals surface area contributed by atoms with E-state index in [-0.39, 0.29) is 10.5 Å². The summed E-state index contributed by atoms with van der Waals surface area (Å²) in [5.41, 5.74) is 7.53. The van der Waals surface area contributed by atoms with Crippen molar-refractivity contribution in [1.82, 2.24) is 6.15 Å². The average Bonchev–Trinajstić information content (AvgIpc) is 2.38. The first-order valence-corrected chi connectivity index (χ1v) is 6.60. The van der Waals surface area contributed by atoms with Crippen LogP contribution in [0.15, 0.2) is 60.7 Å². The molecular formula is C15H20N2S2. The van der Waals surface area contributed by atoms with Crippen molar-refractivity contribution in [3.8, 4) is 0 Å². The summed E-state index contributed by atoms with van der Waals surface area (Å²) in [4.78, 5) is 0. The summed E-state index contributed by atoms with van der Waals surface area (Å²) in [5.74, 6) is 0. The molecule has 0 unspecified atom stereocenters. The molecule has 0 aliphatic rings. The minimum Gasteiger partial charge on any atom is -0.385 e. The first-order chi connectivity index (χ1) is 8.68. The first-order valence-electron chi connectivity index (χ1n) is 5.74. The molecule has 102 valence electrons.